The van der Waals surface area contributed by atoms with Crippen LogP contribution in [0.25, 0.3) is 11.6 Å². The lowest BCUT2D eigenvalue weighted by atomic mass is 9.94. The molecule has 0 heterocycles. The molecule has 0 fully saturated rings. The third-order valence-corrected chi connectivity index (χ3v) is 3.33. The van der Waals surface area contributed by atoms with E-state index in [1.54, 1.807) is 6.08 Å². The third kappa shape index (κ3) is 3.96. The molecule has 0 aliphatic rings. The number of hydrogen-bond acceptors (Lipinski definition) is 0. The maximum atomic E-state index is 3.88. The van der Waals surface area contributed by atoms with Crippen molar-refractivity contribution >= 4 is 11.6 Å². The summed E-state index contributed by atoms with van der Waals surface area (Å²) in [5.74, 6) is 0. The molecule has 98 valence electrons. The summed E-state index contributed by atoms with van der Waals surface area (Å²) in [6.07, 6.45) is 9.74. The summed E-state index contributed by atoms with van der Waals surface area (Å²) < 4.78 is 0. The summed E-state index contributed by atoms with van der Waals surface area (Å²) in [4.78, 5) is 0. The first-order chi connectivity index (χ1) is 9.11. The van der Waals surface area contributed by atoms with Gasteiger partial charge in [-0.3, -0.25) is 0 Å². The van der Waals surface area contributed by atoms with Crippen LogP contribution in [0.3, 0.4) is 0 Å². The van der Waals surface area contributed by atoms with E-state index in [0.29, 0.717) is 0 Å². The van der Waals surface area contributed by atoms with E-state index in [0.717, 1.165) is 0 Å². The number of rotatable bonds is 5. The van der Waals surface area contributed by atoms with Crippen LogP contribution < -0.4 is 0 Å². The molecule has 0 bridgehead atoms. The first-order valence-electron chi connectivity index (χ1n) is 6.47. The summed E-state index contributed by atoms with van der Waals surface area (Å²) in [5, 5.41) is 0. The van der Waals surface area contributed by atoms with Crippen LogP contribution in [-0.4, -0.2) is 0 Å². The Balaban J connectivity index is 3.21. The summed E-state index contributed by atoms with van der Waals surface area (Å²) in [6.45, 7) is 14.0. The van der Waals surface area contributed by atoms with Gasteiger partial charge in [-0.2, -0.15) is 0 Å². The van der Waals surface area contributed by atoms with E-state index in [1.165, 1.54) is 27.8 Å². The lowest BCUT2D eigenvalue weighted by Gasteiger charge is -2.11. The van der Waals surface area contributed by atoms with Crippen molar-refractivity contribution in [1.82, 2.24) is 0 Å². The molecule has 0 nitrogen and oxygen atoms in total. The van der Waals surface area contributed by atoms with Gasteiger partial charge in [0, 0.05) is 0 Å². The smallest absolute Gasteiger partial charge is 0.0152 e. The zero-order valence-corrected chi connectivity index (χ0v) is 12.1. The van der Waals surface area contributed by atoms with Gasteiger partial charge >= 0.3 is 0 Å². The van der Waals surface area contributed by atoms with Crippen LogP contribution in [0.4, 0.5) is 0 Å². The number of benzene rings is 1. The SMILES string of the molecule is C=C\C=C/C=C(C)/C(C)=C(\C)c1ccccc1C=C. The van der Waals surface area contributed by atoms with E-state index < -0.39 is 0 Å². The molecule has 1 aromatic carbocycles. The Morgan fingerprint density at radius 2 is 1.68 bits per heavy atom. The van der Waals surface area contributed by atoms with E-state index in [1.807, 2.05) is 24.3 Å². The van der Waals surface area contributed by atoms with E-state index in [4.69, 9.17) is 0 Å². The fraction of sp³-hybridized carbons (Fsp3) is 0.158. The van der Waals surface area contributed by atoms with Crippen LogP contribution >= 0.6 is 0 Å². The van der Waals surface area contributed by atoms with Crippen molar-refractivity contribution in [2.75, 3.05) is 0 Å². The molecule has 1 rings (SSSR count). The molecule has 1 aromatic rings. The lowest BCUT2D eigenvalue weighted by molar-refractivity contribution is 1.33. The fourth-order valence-electron chi connectivity index (χ4n) is 1.92. The Labute approximate surface area is 117 Å². The second-order valence-electron chi connectivity index (χ2n) is 4.51. The Hall–Kier alpha value is -2.08. The molecule has 0 saturated carbocycles. The Morgan fingerprint density at radius 3 is 2.32 bits per heavy atom. The molecule has 0 aromatic heterocycles. The van der Waals surface area contributed by atoms with Gasteiger partial charge in [0.1, 0.15) is 0 Å². The second-order valence-corrected chi connectivity index (χ2v) is 4.51. The molecule has 19 heavy (non-hydrogen) atoms. The highest BCUT2D eigenvalue weighted by Gasteiger charge is 2.05. The van der Waals surface area contributed by atoms with Crippen molar-refractivity contribution in [2.24, 2.45) is 0 Å². The first kappa shape index (κ1) is 15.0. The molecule has 0 heteroatoms. The molecule has 0 unspecified atom stereocenters. The molecule has 0 aliphatic heterocycles. The molecule has 0 N–H and O–H groups in total. The van der Waals surface area contributed by atoms with Crippen LogP contribution in [0.5, 0.6) is 0 Å². The molecular weight excluding hydrogens is 228 g/mol. The van der Waals surface area contributed by atoms with Gasteiger partial charge in [0.2, 0.25) is 0 Å². The summed E-state index contributed by atoms with van der Waals surface area (Å²) in [5.41, 5.74) is 6.26. The van der Waals surface area contributed by atoms with Crippen molar-refractivity contribution in [3.8, 4) is 0 Å². The van der Waals surface area contributed by atoms with Gasteiger partial charge < -0.3 is 0 Å². The van der Waals surface area contributed by atoms with E-state index in [9.17, 15) is 0 Å². The molecular formula is C19H22. The monoisotopic (exact) mass is 250 g/mol. The van der Waals surface area contributed by atoms with Crippen molar-refractivity contribution in [1.29, 1.82) is 0 Å². The van der Waals surface area contributed by atoms with Gasteiger partial charge in [-0.1, -0.05) is 67.8 Å². The van der Waals surface area contributed by atoms with Crippen LogP contribution in [-0.2, 0) is 0 Å². The number of hydrogen-bond donors (Lipinski definition) is 0. The second kappa shape index (κ2) is 7.38. The van der Waals surface area contributed by atoms with Gasteiger partial charge in [-0.15, -0.1) is 0 Å². The normalized spacial score (nSPS) is 13.3. The average Bonchev–Trinajstić information content (AvgIpc) is 2.45. The molecule has 0 amide bonds. The van der Waals surface area contributed by atoms with Gasteiger partial charge in [0.05, 0.1) is 0 Å². The summed E-state index contributed by atoms with van der Waals surface area (Å²) in [7, 11) is 0. The largest absolute Gasteiger partial charge is 0.0991 e. The molecule has 0 atom stereocenters. The molecule has 0 radical (unpaired) electrons. The van der Waals surface area contributed by atoms with Gasteiger partial charge in [0.15, 0.2) is 0 Å². The van der Waals surface area contributed by atoms with Crippen LogP contribution in [0.1, 0.15) is 31.9 Å². The maximum Gasteiger partial charge on any atom is -0.0152 e. The highest BCUT2D eigenvalue weighted by Crippen LogP contribution is 2.26. The predicted molar refractivity (Wildman–Crippen MR) is 87.9 cm³/mol. The van der Waals surface area contributed by atoms with Gasteiger partial charge in [-0.25, -0.2) is 0 Å². The van der Waals surface area contributed by atoms with Crippen molar-refractivity contribution in [3.63, 3.8) is 0 Å². The predicted octanol–water partition coefficient (Wildman–Crippen LogP) is 5.81. The van der Waals surface area contributed by atoms with Crippen molar-refractivity contribution < 1.29 is 0 Å². The summed E-state index contributed by atoms with van der Waals surface area (Å²) in [6, 6.07) is 8.34. The third-order valence-electron chi connectivity index (χ3n) is 3.33. The van der Waals surface area contributed by atoms with Gasteiger partial charge in [-0.05, 0) is 48.6 Å². The van der Waals surface area contributed by atoms with E-state index in [-0.39, 0.29) is 0 Å². The minimum atomic E-state index is 1.17. The van der Waals surface area contributed by atoms with E-state index >= 15 is 0 Å². The minimum Gasteiger partial charge on any atom is -0.0991 e. The Bertz CT molecular complexity index is 551. The topological polar surface area (TPSA) is 0 Å². The quantitative estimate of drug-likeness (QED) is 0.578. The highest BCUT2D eigenvalue weighted by atomic mass is 14.1. The average molecular weight is 250 g/mol. The van der Waals surface area contributed by atoms with Crippen molar-refractivity contribution in [3.05, 3.63) is 84.0 Å². The van der Waals surface area contributed by atoms with Gasteiger partial charge in [0.25, 0.3) is 0 Å². The van der Waals surface area contributed by atoms with Crippen molar-refractivity contribution in [2.45, 2.75) is 20.8 Å². The minimum absolute atomic E-state index is 1.17. The molecule has 0 saturated heterocycles. The Morgan fingerprint density at radius 1 is 1.00 bits per heavy atom. The lowest BCUT2D eigenvalue weighted by Crippen LogP contribution is -1.90. The highest BCUT2D eigenvalue weighted by molar-refractivity contribution is 5.76. The van der Waals surface area contributed by atoms with Crippen LogP contribution in [0, 0.1) is 0 Å². The fourth-order valence-corrected chi connectivity index (χ4v) is 1.92. The number of allylic oxidation sites excluding steroid dienone is 7. The zero-order valence-electron chi connectivity index (χ0n) is 12.1. The zero-order chi connectivity index (χ0) is 14.3. The van der Waals surface area contributed by atoms with E-state index in [2.05, 4.69) is 58.2 Å². The van der Waals surface area contributed by atoms with Crippen LogP contribution in [0.2, 0.25) is 0 Å². The standard InChI is InChI=1S/C19H22/c1-6-8-9-12-15(3)16(4)17(5)19-14-11-10-13-18(19)7-2/h6-14H,1-2H2,3-5H3/b9-8-,15-12+,17-16+. The Kier molecular flexibility index (Phi) is 5.81. The maximum absolute atomic E-state index is 3.88. The summed E-state index contributed by atoms with van der Waals surface area (Å²) >= 11 is 0. The molecule has 0 aliphatic carbocycles. The van der Waals surface area contributed by atoms with Crippen LogP contribution in [0.15, 0.2) is 72.9 Å². The molecule has 0 spiro atoms. The first-order valence-corrected chi connectivity index (χ1v) is 6.47.